The fraction of sp³-hybridized carbons (Fsp3) is 0.111. The zero-order valence-electron chi connectivity index (χ0n) is 34.4. The summed E-state index contributed by atoms with van der Waals surface area (Å²) in [4.78, 5) is 28.7. The number of hydrogen-bond donors (Lipinski definition) is 0. The minimum absolute atomic E-state index is 0.882. The van der Waals surface area contributed by atoms with Gasteiger partial charge >= 0.3 is 0 Å². The number of rotatable bonds is 9. The first-order chi connectivity index (χ1) is 31.2. The van der Waals surface area contributed by atoms with Crippen molar-refractivity contribution in [2.75, 3.05) is 0 Å². The molecule has 0 amide bonds. The number of imidazole rings is 3. The second-order valence-electron chi connectivity index (χ2n) is 16.9. The highest BCUT2D eigenvalue weighted by molar-refractivity contribution is 6.12. The maximum absolute atomic E-state index is 5.06. The van der Waals surface area contributed by atoms with Crippen molar-refractivity contribution in [2.45, 2.75) is 38.5 Å². The Hall–Kier alpha value is -8.04. The molecule has 0 radical (unpaired) electrons. The molecular weight excluding hydrogens is 775 g/mol. The van der Waals surface area contributed by atoms with Gasteiger partial charge in [0.25, 0.3) is 0 Å². The monoisotopic (exact) mass is 813 g/mol. The summed E-state index contributed by atoms with van der Waals surface area (Å²) < 4.78 is 6.53. The highest BCUT2D eigenvalue weighted by Crippen LogP contribution is 2.32. The largest absolute Gasteiger partial charge is 0.298 e. The zero-order chi connectivity index (χ0) is 41.4. The Kier molecular flexibility index (Phi) is 8.09. The van der Waals surface area contributed by atoms with Crippen LogP contribution in [0, 0.1) is 0 Å². The van der Waals surface area contributed by atoms with E-state index < -0.39 is 0 Å². The number of benzene rings is 4. The summed E-state index contributed by atoms with van der Waals surface area (Å²) in [5.41, 5.74) is 17.3. The zero-order valence-corrected chi connectivity index (χ0v) is 34.4. The molecule has 4 aromatic carbocycles. The van der Waals surface area contributed by atoms with E-state index in [2.05, 4.69) is 156 Å². The van der Waals surface area contributed by atoms with Gasteiger partial charge in [-0.2, -0.15) is 0 Å². The first kappa shape index (κ1) is 35.7. The van der Waals surface area contributed by atoms with Gasteiger partial charge < -0.3 is 0 Å². The number of aryl methyl sites for hydroxylation is 6. The summed E-state index contributed by atoms with van der Waals surface area (Å²) in [6.07, 6.45) is 23.1. The Morgan fingerprint density at radius 2 is 0.587 bits per heavy atom. The first-order valence-electron chi connectivity index (χ1n) is 21.7. The van der Waals surface area contributed by atoms with Crippen LogP contribution in [-0.4, -0.2) is 43.1 Å². The summed E-state index contributed by atoms with van der Waals surface area (Å²) in [7, 11) is 0. The van der Waals surface area contributed by atoms with Gasteiger partial charge in [0, 0.05) is 50.9 Å². The van der Waals surface area contributed by atoms with Crippen molar-refractivity contribution < 1.29 is 0 Å². The fourth-order valence-electron chi connectivity index (χ4n) is 10.0. The van der Waals surface area contributed by atoms with Gasteiger partial charge in [0.05, 0.1) is 87.2 Å². The maximum Gasteiger partial charge on any atom is 0.0997 e. The lowest BCUT2D eigenvalue weighted by Crippen LogP contribution is -2.01. The lowest BCUT2D eigenvalue weighted by atomic mass is 9.94. The summed E-state index contributed by atoms with van der Waals surface area (Å²) in [5, 5.41) is 6.80. The number of aromatic nitrogens is 9. The van der Waals surface area contributed by atoms with Gasteiger partial charge in [-0.05, 0) is 108 Å². The van der Waals surface area contributed by atoms with Crippen molar-refractivity contribution in [3.63, 3.8) is 0 Å². The molecule has 9 nitrogen and oxygen atoms in total. The SMILES string of the molecule is c1ccc2c(c1)c1ncc(CCc3cc(CCc4cnc5c6ccccc6n6cncc6c5c4)cc(CCc4cnc5c6ccccc6n6cncc6c5c4)c3)cc1c1cncn21. The molecule has 9 aromatic heterocycles. The average Bonchev–Trinajstić information content (AvgIpc) is 4.15. The molecule has 300 valence electrons. The van der Waals surface area contributed by atoms with E-state index in [0.717, 1.165) is 120 Å². The molecule has 0 fully saturated rings. The van der Waals surface area contributed by atoms with Gasteiger partial charge in [0.2, 0.25) is 0 Å². The van der Waals surface area contributed by atoms with Gasteiger partial charge in [-0.3, -0.25) is 28.2 Å². The first-order valence-corrected chi connectivity index (χ1v) is 21.7. The van der Waals surface area contributed by atoms with Crippen LogP contribution in [0.5, 0.6) is 0 Å². The number of para-hydroxylation sites is 3. The Labute approximate surface area is 361 Å². The average molecular weight is 814 g/mol. The third-order valence-electron chi connectivity index (χ3n) is 13.1. The van der Waals surface area contributed by atoms with Crippen LogP contribution in [-0.2, 0) is 38.5 Å². The number of fused-ring (bicyclic) bond motifs is 18. The van der Waals surface area contributed by atoms with Crippen molar-refractivity contribution in [3.8, 4) is 0 Å². The molecule has 0 atom stereocenters. The van der Waals surface area contributed by atoms with Crippen LogP contribution in [0.4, 0.5) is 0 Å². The molecular formula is C54H39N9. The van der Waals surface area contributed by atoms with Gasteiger partial charge in [-0.1, -0.05) is 72.8 Å². The minimum atomic E-state index is 0.882. The van der Waals surface area contributed by atoms with Crippen LogP contribution in [0.15, 0.2) is 165 Å². The summed E-state index contributed by atoms with van der Waals surface area (Å²) in [6.45, 7) is 0. The van der Waals surface area contributed by atoms with E-state index in [1.165, 1.54) is 33.4 Å². The summed E-state index contributed by atoms with van der Waals surface area (Å²) in [5.74, 6) is 0. The van der Waals surface area contributed by atoms with Gasteiger partial charge in [-0.25, -0.2) is 15.0 Å². The Morgan fingerprint density at radius 1 is 0.286 bits per heavy atom. The van der Waals surface area contributed by atoms with Crippen LogP contribution in [0.25, 0.3) is 82.0 Å². The van der Waals surface area contributed by atoms with E-state index in [1.807, 2.05) is 37.6 Å². The molecule has 0 saturated carbocycles. The van der Waals surface area contributed by atoms with E-state index in [-0.39, 0.29) is 0 Å². The maximum atomic E-state index is 5.06. The highest BCUT2D eigenvalue weighted by Gasteiger charge is 2.15. The smallest absolute Gasteiger partial charge is 0.0997 e. The fourth-order valence-corrected chi connectivity index (χ4v) is 10.0. The predicted octanol–water partition coefficient (Wildman–Crippen LogP) is 11.1. The third kappa shape index (κ3) is 5.91. The van der Waals surface area contributed by atoms with E-state index in [1.54, 1.807) is 0 Å². The van der Waals surface area contributed by atoms with Crippen LogP contribution in [0.3, 0.4) is 0 Å². The highest BCUT2D eigenvalue weighted by atomic mass is 15.0. The number of hydrogen-bond acceptors (Lipinski definition) is 6. The van der Waals surface area contributed by atoms with Crippen molar-refractivity contribution in [1.82, 2.24) is 43.1 Å². The summed E-state index contributed by atoms with van der Waals surface area (Å²) in [6, 6.07) is 39.5. The Balaban J connectivity index is 0.832. The number of nitrogens with zero attached hydrogens (tertiary/aromatic N) is 9. The van der Waals surface area contributed by atoms with Crippen molar-refractivity contribution in [2.24, 2.45) is 0 Å². The van der Waals surface area contributed by atoms with E-state index in [9.17, 15) is 0 Å². The van der Waals surface area contributed by atoms with Gasteiger partial charge in [-0.15, -0.1) is 0 Å². The lowest BCUT2D eigenvalue weighted by molar-refractivity contribution is 0.899. The van der Waals surface area contributed by atoms with Crippen molar-refractivity contribution >= 4 is 82.0 Å². The van der Waals surface area contributed by atoms with Crippen molar-refractivity contribution in [3.05, 3.63) is 199 Å². The van der Waals surface area contributed by atoms with E-state index in [4.69, 9.17) is 15.0 Å². The molecule has 0 N–H and O–H groups in total. The molecule has 0 bridgehead atoms. The van der Waals surface area contributed by atoms with Crippen LogP contribution >= 0.6 is 0 Å². The van der Waals surface area contributed by atoms with Crippen molar-refractivity contribution in [1.29, 1.82) is 0 Å². The van der Waals surface area contributed by atoms with Crippen LogP contribution in [0.1, 0.15) is 33.4 Å². The molecule has 9 heterocycles. The topological polar surface area (TPSA) is 90.6 Å². The molecule has 0 spiro atoms. The Morgan fingerprint density at radius 3 is 0.921 bits per heavy atom. The molecule has 0 aliphatic carbocycles. The predicted molar refractivity (Wildman–Crippen MR) is 253 cm³/mol. The second kappa shape index (κ2) is 14.3. The standard InChI is InChI=1S/C54H39N9/c1-4-10-46-40(7-1)52-43(49-28-55-31-61(46)49)22-37(25-58-52)16-13-34-19-35(14-17-38-23-44-50-29-56-32-62(50)47-11-5-2-8-41(47)53(44)59-26-38)21-36(20-34)15-18-39-24-45-51-30-57-33-63(51)48-12-6-3-9-42(48)54(45)60-27-39/h1-12,19-33H,13-18H2. The molecule has 0 aliphatic rings. The molecule has 0 aliphatic heterocycles. The lowest BCUT2D eigenvalue weighted by Gasteiger charge is -2.13. The summed E-state index contributed by atoms with van der Waals surface area (Å²) >= 11 is 0. The Bertz CT molecular complexity index is 3530. The molecule has 63 heavy (non-hydrogen) atoms. The van der Waals surface area contributed by atoms with Gasteiger partial charge in [0.15, 0.2) is 0 Å². The van der Waals surface area contributed by atoms with Crippen LogP contribution in [0.2, 0.25) is 0 Å². The number of pyridine rings is 6. The quantitative estimate of drug-likeness (QED) is 0.135. The van der Waals surface area contributed by atoms with Crippen LogP contribution < -0.4 is 0 Å². The minimum Gasteiger partial charge on any atom is -0.298 e. The molecule has 0 unspecified atom stereocenters. The van der Waals surface area contributed by atoms with E-state index in [0.29, 0.717) is 0 Å². The van der Waals surface area contributed by atoms with Gasteiger partial charge in [0.1, 0.15) is 0 Å². The second-order valence-corrected chi connectivity index (χ2v) is 16.9. The molecule has 13 rings (SSSR count). The van der Waals surface area contributed by atoms with E-state index >= 15 is 0 Å². The third-order valence-corrected chi connectivity index (χ3v) is 13.1. The normalized spacial score (nSPS) is 12.2. The molecule has 0 saturated heterocycles. The molecule has 9 heteroatoms. The molecule has 13 aromatic rings.